The second-order valence-electron chi connectivity index (χ2n) is 15.2. The van der Waals surface area contributed by atoms with E-state index in [1.165, 1.54) is 6.92 Å². The molecule has 25 heteroatoms. The normalized spacial score (nSPS) is 14.7. The van der Waals surface area contributed by atoms with E-state index in [1.807, 2.05) is 0 Å². The first-order valence-electron chi connectivity index (χ1n) is 21.2. The van der Waals surface area contributed by atoms with Gasteiger partial charge in [0, 0.05) is 19.5 Å². The number of rotatable bonds is 34. The zero-order chi connectivity index (χ0) is 48.1. The number of nitrogens with two attached hydrogens (primary N) is 7. The van der Waals surface area contributed by atoms with Crippen LogP contribution in [0.1, 0.15) is 104 Å². The Morgan fingerprint density at radius 2 is 0.873 bits per heavy atom. The molecule has 0 saturated carbocycles. The molecule has 0 aromatic rings. The summed E-state index contributed by atoms with van der Waals surface area (Å²) in [6.07, 6.45) is 1.52. The predicted molar refractivity (Wildman–Crippen MR) is 235 cm³/mol. The van der Waals surface area contributed by atoms with Gasteiger partial charge in [-0.25, -0.2) is 4.79 Å². The van der Waals surface area contributed by atoms with Crippen LogP contribution in [0.15, 0.2) is 9.98 Å². The summed E-state index contributed by atoms with van der Waals surface area (Å²) in [6, 6.07) is -8.89. The molecule has 22 N–H and O–H groups in total. The summed E-state index contributed by atoms with van der Waals surface area (Å²) in [5, 5.41) is 34.6. The molecular weight excluding hydrogens is 827 g/mol. The van der Waals surface area contributed by atoms with E-state index in [-0.39, 0.29) is 70.1 Å². The fourth-order valence-electron chi connectivity index (χ4n) is 5.93. The first-order valence-corrected chi connectivity index (χ1v) is 21.2. The SMILES string of the molecule is CC[C@H](C)[C@H](NC(=O)[C@H](CCCCN)NC(=O)[C@H](C)N)C(=O)N[C@@H](CCCN=C(N)N)C(=O)N[C@@H](CCC(=O)O)C(=O)N[C@@H](CCCCN)C(=O)N[C@@H](CCCN=C(N)N)C(=O)O. The second kappa shape index (κ2) is 31.9. The van der Waals surface area contributed by atoms with Crippen LogP contribution in [0, 0.1) is 5.92 Å². The van der Waals surface area contributed by atoms with Gasteiger partial charge in [0.2, 0.25) is 35.4 Å². The lowest BCUT2D eigenvalue weighted by Gasteiger charge is -2.29. The van der Waals surface area contributed by atoms with Gasteiger partial charge in [0.1, 0.15) is 36.3 Å². The second-order valence-corrected chi connectivity index (χ2v) is 15.2. The van der Waals surface area contributed by atoms with Gasteiger partial charge in [-0.05, 0) is 96.6 Å². The fourth-order valence-corrected chi connectivity index (χ4v) is 5.93. The van der Waals surface area contributed by atoms with Gasteiger partial charge < -0.3 is 82.2 Å². The molecule has 360 valence electrons. The molecule has 0 rings (SSSR count). The zero-order valence-corrected chi connectivity index (χ0v) is 36.7. The van der Waals surface area contributed by atoms with Crippen molar-refractivity contribution in [2.45, 2.75) is 147 Å². The van der Waals surface area contributed by atoms with Gasteiger partial charge in [-0.2, -0.15) is 0 Å². The van der Waals surface area contributed by atoms with Gasteiger partial charge in [-0.15, -0.1) is 0 Å². The van der Waals surface area contributed by atoms with Crippen LogP contribution in [0.3, 0.4) is 0 Å². The summed E-state index contributed by atoms with van der Waals surface area (Å²) in [6.45, 7) is 5.65. The minimum Gasteiger partial charge on any atom is -0.481 e. The van der Waals surface area contributed by atoms with Crippen molar-refractivity contribution in [1.82, 2.24) is 31.9 Å². The van der Waals surface area contributed by atoms with Crippen molar-refractivity contribution in [3.63, 3.8) is 0 Å². The number of amides is 6. The first-order chi connectivity index (χ1) is 29.7. The lowest BCUT2D eigenvalue weighted by Crippen LogP contribution is -2.60. The average molecular weight is 900 g/mol. The third-order valence-electron chi connectivity index (χ3n) is 9.78. The number of hydrogen-bond donors (Lipinski definition) is 15. The molecule has 0 aromatic carbocycles. The summed E-state index contributed by atoms with van der Waals surface area (Å²) in [5.41, 5.74) is 38.5. The predicted octanol–water partition coefficient (Wildman–Crippen LogP) is -4.40. The number of aliphatic carboxylic acids is 2. The van der Waals surface area contributed by atoms with Crippen molar-refractivity contribution in [1.29, 1.82) is 0 Å². The Morgan fingerprint density at radius 1 is 0.508 bits per heavy atom. The third kappa shape index (κ3) is 25.0. The van der Waals surface area contributed by atoms with E-state index in [2.05, 4.69) is 41.9 Å². The van der Waals surface area contributed by atoms with Gasteiger partial charge in [0.05, 0.1) is 6.04 Å². The molecule has 8 atom stereocenters. The van der Waals surface area contributed by atoms with E-state index in [9.17, 15) is 48.6 Å². The molecule has 63 heavy (non-hydrogen) atoms. The molecule has 0 saturated heterocycles. The number of carbonyl (C=O) groups is 8. The number of hydrogen-bond acceptors (Lipinski definition) is 13. The Morgan fingerprint density at radius 3 is 1.25 bits per heavy atom. The highest BCUT2D eigenvalue weighted by molar-refractivity contribution is 5.97. The quantitative estimate of drug-likeness (QED) is 0.0165. The van der Waals surface area contributed by atoms with E-state index in [0.717, 1.165) is 0 Å². The molecule has 0 aliphatic carbocycles. The minimum atomic E-state index is -1.57. The van der Waals surface area contributed by atoms with Crippen LogP contribution in [-0.2, 0) is 38.4 Å². The van der Waals surface area contributed by atoms with Crippen molar-refractivity contribution in [2.24, 2.45) is 56.0 Å². The Labute approximate surface area is 368 Å². The lowest BCUT2D eigenvalue weighted by molar-refractivity contribution is -0.142. The monoisotopic (exact) mass is 900 g/mol. The molecule has 0 bridgehead atoms. The van der Waals surface area contributed by atoms with Crippen LogP contribution in [0.25, 0.3) is 0 Å². The summed E-state index contributed by atoms with van der Waals surface area (Å²) in [5.74, 6) is -8.39. The number of nitrogens with zero attached hydrogens (tertiary/aromatic N) is 2. The van der Waals surface area contributed by atoms with E-state index in [0.29, 0.717) is 38.6 Å². The van der Waals surface area contributed by atoms with Gasteiger partial charge in [-0.3, -0.25) is 43.5 Å². The highest BCUT2D eigenvalue weighted by Gasteiger charge is 2.35. The molecule has 0 radical (unpaired) electrons. The van der Waals surface area contributed by atoms with Crippen molar-refractivity contribution < 1.29 is 48.6 Å². The maximum atomic E-state index is 14.0. The number of unbranched alkanes of at least 4 members (excludes halogenated alkanes) is 2. The smallest absolute Gasteiger partial charge is 0.326 e. The summed E-state index contributed by atoms with van der Waals surface area (Å²) < 4.78 is 0. The average Bonchev–Trinajstić information content (AvgIpc) is 3.21. The van der Waals surface area contributed by atoms with Gasteiger partial charge in [0.25, 0.3) is 0 Å². The third-order valence-corrected chi connectivity index (χ3v) is 9.78. The highest BCUT2D eigenvalue weighted by atomic mass is 16.4. The molecular formula is C38H73N15O10. The van der Waals surface area contributed by atoms with Crippen LogP contribution in [0.4, 0.5) is 0 Å². The Hall–Kier alpha value is -5.82. The zero-order valence-electron chi connectivity index (χ0n) is 36.7. The van der Waals surface area contributed by atoms with Crippen LogP contribution < -0.4 is 72.0 Å². The standard InChI is InChI=1S/C38H73N15O10/c1-4-21(2)29(53-34(60)24(12-6-8-18-40)48-30(56)22(3)41)35(61)51-25(13-9-19-46-37(42)43)31(57)50-26(15-16-28(54)55)33(59)49-23(11-5-7-17-39)32(58)52-27(36(62)63)14-10-20-47-38(44)45/h21-27,29H,4-20,39-41H2,1-3H3,(H,48,56)(H,49,59)(H,50,57)(H,51,61)(H,52,58)(H,53,60)(H,54,55)(H,62,63)(H4,42,43,46)(H4,44,45,47)/t21-,22-,23-,24-,25-,26-,27-,29-/m0/s1. The van der Waals surface area contributed by atoms with Gasteiger partial charge in [0.15, 0.2) is 11.9 Å². The maximum absolute atomic E-state index is 14.0. The first kappa shape index (κ1) is 57.2. The van der Waals surface area contributed by atoms with Gasteiger partial charge in [-0.1, -0.05) is 20.3 Å². The molecule has 0 aromatic heterocycles. The summed E-state index contributed by atoms with van der Waals surface area (Å²) in [7, 11) is 0. The van der Waals surface area contributed by atoms with E-state index in [1.54, 1.807) is 13.8 Å². The van der Waals surface area contributed by atoms with E-state index >= 15 is 0 Å². The van der Waals surface area contributed by atoms with Crippen LogP contribution in [-0.4, -0.2) is 138 Å². The minimum absolute atomic E-state index is 0.00368. The number of carboxylic acid groups (broad SMARTS) is 2. The van der Waals surface area contributed by atoms with E-state index in [4.69, 9.17) is 40.1 Å². The van der Waals surface area contributed by atoms with Crippen molar-refractivity contribution in [3.05, 3.63) is 0 Å². The lowest BCUT2D eigenvalue weighted by atomic mass is 9.96. The molecule has 0 fully saturated rings. The van der Waals surface area contributed by atoms with Crippen LogP contribution in [0.2, 0.25) is 0 Å². The number of nitrogens with one attached hydrogen (secondary N) is 6. The molecule has 0 aliphatic heterocycles. The topological polar surface area (TPSA) is 456 Å². The largest absolute Gasteiger partial charge is 0.481 e. The molecule has 0 aliphatic rings. The number of aliphatic imine (C=N–C) groups is 2. The van der Waals surface area contributed by atoms with Crippen LogP contribution in [0.5, 0.6) is 0 Å². The number of carbonyl (C=O) groups excluding carboxylic acids is 6. The summed E-state index contributed by atoms with van der Waals surface area (Å²) in [4.78, 5) is 113. The number of carboxylic acids is 2. The van der Waals surface area contributed by atoms with Crippen molar-refractivity contribution >= 4 is 59.3 Å². The maximum Gasteiger partial charge on any atom is 0.326 e. The Kier molecular flexibility index (Phi) is 29.0. The molecule has 25 nitrogen and oxygen atoms in total. The number of guanidine groups is 2. The Balaban J connectivity index is 6.64. The molecule has 0 heterocycles. The van der Waals surface area contributed by atoms with Gasteiger partial charge >= 0.3 is 11.9 Å². The summed E-state index contributed by atoms with van der Waals surface area (Å²) >= 11 is 0. The molecule has 0 spiro atoms. The highest BCUT2D eigenvalue weighted by Crippen LogP contribution is 2.13. The van der Waals surface area contributed by atoms with Crippen molar-refractivity contribution in [3.8, 4) is 0 Å². The van der Waals surface area contributed by atoms with E-state index < -0.39 is 108 Å². The fraction of sp³-hybridized carbons (Fsp3) is 0.737. The molecule has 6 amide bonds. The molecule has 0 unspecified atom stereocenters. The van der Waals surface area contributed by atoms with Crippen molar-refractivity contribution in [2.75, 3.05) is 26.2 Å². The van der Waals surface area contributed by atoms with Crippen LogP contribution >= 0.6 is 0 Å². The Bertz CT molecular complexity index is 1540.